The predicted molar refractivity (Wildman–Crippen MR) is 112 cm³/mol. The standard InChI is InChI=1S/C18H19ClF3N5O4S/c1-3-26(15-10-27(24-16(15)19)13-5-4-7-23-9-13)17(29)14(25-31-12(2)28)11-32(30)8-6-18(20,21)22/h4-5,7,9-10H,3,6,8,11H2,1-2H3. The molecule has 14 heteroatoms. The van der Waals surface area contributed by atoms with Gasteiger partial charge in [-0.1, -0.05) is 16.8 Å². The summed E-state index contributed by atoms with van der Waals surface area (Å²) in [6.07, 6.45) is -1.27. The number of rotatable bonds is 9. The monoisotopic (exact) mass is 493 g/mol. The van der Waals surface area contributed by atoms with Gasteiger partial charge in [0.2, 0.25) is 0 Å². The molecule has 174 valence electrons. The molecule has 0 aromatic carbocycles. The molecule has 1 atom stereocenters. The maximum Gasteiger partial charge on any atom is 0.393 e. The maximum absolute atomic E-state index is 13.1. The van der Waals surface area contributed by atoms with Crippen LogP contribution in [0.5, 0.6) is 0 Å². The SMILES string of the molecule is CCN(C(=O)C(C[S+]([O-])CCC(F)(F)F)=NOC(C)=O)c1cn(-c2cccnc2)nc1Cl. The van der Waals surface area contributed by atoms with Crippen molar-refractivity contribution in [3.8, 4) is 5.69 Å². The Kier molecular flexibility index (Phi) is 9.04. The Morgan fingerprint density at radius 1 is 1.41 bits per heavy atom. The topological polar surface area (TPSA) is 113 Å². The van der Waals surface area contributed by atoms with Gasteiger partial charge in [-0.25, -0.2) is 9.48 Å². The number of oxime groups is 1. The zero-order valence-electron chi connectivity index (χ0n) is 17.0. The fraction of sp³-hybridized carbons (Fsp3) is 0.389. The zero-order valence-corrected chi connectivity index (χ0v) is 18.6. The van der Waals surface area contributed by atoms with E-state index in [4.69, 9.17) is 11.6 Å². The van der Waals surface area contributed by atoms with Crippen molar-refractivity contribution in [2.24, 2.45) is 5.16 Å². The quantitative estimate of drug-likeness (QED) is 0.230. The maximum atomic E-state index is 13.1. The zero-order chi connectivity index (χ0) is 23.9. The van der Waals surface area contributed by atoms with Crippen molar-refractivity contribution in [3.05, 3.63) is 35.9 Å². The van der Waals surface area contributed by atoms with Crippen LogP contribution in [0.1, 0.15) is 20.3 Å². The summed E-state index contributed by atoms with van der Waals surface area (Å²) in [7, 11) is 0. The minimum atomic E-state index is -4.50. The molecule has 0 bridgehead atoms. The molecule has 1 amide bonds. The molecule has 0 N–H and O–H groups in total. The van der Waals surface area contributed by atoms with E-state index in [-0.39, 0.29) is 17.4 Å². The van der Waals surface area contributed by atoms with E-state index in [1.54, 1.807) is 25.3 Å². The highest BCUT2D eigenvalue weighted by Crippen LogP contribution is 2.26. The molecule has 2 rings (SSSR count). The third-order valence-electron chi connectivity index (χ3n) is 3.86. The largest absolute Gasteiger partial charge is 0.616 e. The van der Waals surface area contributed by atoms with Crippen molar-refractivity contribution in [2.45, 2.75) is 26.4 Å². The molecular formula is C18H19ClF3N5O4S. The van der Waals surface area contributed by atoms with Crippen LogP contribution < -0.4 is 4.90 Å². The Hall–Kier alpha value is -2.64. The Bertz CT molecular complexity index is 971. The normalized spacial score (nSPS) is 13.0. The molecule has 0 saturated carbocycles. The summed E-state index contributed by atoms with van der Waals surface area (Å²) in [6, 6.07) is 3.38. The first-order chi connectivity index (χ1) is 15.0. The van der Waals surface area contributed by atoms with Crippen molar-refractivity contribution < 1.29 is 32.2 Å². The number of pyridine rings is 1. The number of amides is 1. The van der Waals surface area contributed by atoms with Crippen LogP contribution >= 0.6 is 11.6 Å². The molecule has 2 heterocycles. The minimum absolute atomic E-state index is 0.0471. The number of aromatic nitrogens is 3. The van der Waals surface area contributed by atoms with E-state index in [0.717, 1.165) is 11.8 Å². The van der Waals surface area contributed by atoms with Gasteiger partial charge in [0.1, 0.15) is 11.4 Å². The molecule has 0 radical (unpaired) electrons. The minimum Gasteiger partial charge on any atom is -0.616 e. The first-order valence-electron chi connectivity index (χ1n) is 9.15. The van der Waals surface area contributed by atoms with Crippen molar-refractivity contribution in [2.75, 3.05) is 23.0 Å². The van der Waals surface area contributed by atoms with Crippen LogP contribution in [0.25, 0.3) is 5.69 Å². The lowest BCUT2D eigenvalue weighted by Gasteiger charge is -2.21. The van der Waals surface area contributed by atoms with Crippen LogP contribution in [0.3, 0.4) is 0 Å². The van der Waals surface area contributed by atoms with Crippen LogP contribution in [0, 0.1) is 0 Å². The Morgan fingerprint density at radius 2 is 2.12 bits per heavy atom. The first kappa shape index (κ1) is 25.6. The molecule has 0 saturated heterocycles. The van der Waals surface area contributed by atoms with E-state index >= 15 is 0 Å². The fourth-order valence-corrected chi connectivity index (χ4v) is 3.74. The average Bonchev–Trinajstić information content (AvgIpc) is 3.11. The van der Waals surface area contributed by atoms with Crippen molar-refractivity contribution in [1.82, 2.24) is 14.8 Å². The lowest BCUT2D eigenvalue weighted by Crippen LogP contribution is -2.40. The Balaban J connectivity index is 2.29. The molecule has 1 unspecified atom stereocenters. The van der Waals surface area contributed by atoms with Crippen LogP contribution in [0.4, 0.5) is 18.9 Å². The molecule has 2 aromatic heterocycles. The fourth-order valence-electron chi connectivity index (χ4n) is 2.43. The molecule has 0 aliphatic rings. The van der Waals surface area contributed by atoms with Gasteiger partial charge in [0, 0.05) is 19.7 Å². The first-order valence-corrected chi connectivity index (χ1v) is 11.0. The Labute approximate surface area is 189 Å². The number of hydrogen-bond donors (Lipinski definition) is 0. The third kappa shape index (κ3) is 7.50. The number of carbonyl (C=O) groups excluding carboxylic acids is 2. The molecule has 0 spiro atoms. The summed E-state index contributed by atoms with van der Waals surface area (Å²) in [4.78, 5) is 33.8. The van der Waals surface area contributed by atoms with Gasteiger partial charge in [0.25, 0.3) is 5.91 Å². The number of hydrogen-bond acceptors (Lipinski definition) is 7. The predicted octanol–water partition coefficient (Wildman–Crippen LogP) is 2.89. The highest BCUT2D eigenvalue weighted by molar-refractivity contribution is 7.92. The highest BCUT2D eigenvalue weighted by Gasteiger charge is 2.32. The van der Waals surface area contributed by atoms with Crippen molar-refractivity contribution in [1.29, 1.82) is 0 Å². The Morgan fingerprint density at radius 3 is 2.69 bits per heavy atom. The van der Waals surface area contributed by atoms with Crippen LogP contribution in [0.2, 0.25) is 5.15 Å². The van der Waals surface area contributed by atoms with Gasteiger partial charge in [-0.2, -0.15) is 18.3 Å². The third-order valence-corrected chi connectivity index (χ3v) is 5.38. The summed E-state index contributed by atoms with van der Waals surface area (Å²) in [5.41, 5.74) is 0.235. The summed E-state index contributed by atoms with van der Waals surface area (Å²) in [6.45, 7) is 2.70. The second-order valence-corrected chi connectivity index (χ2v) is 8.22. The van der Waals surface area contributed by atoms with Gasteiger partial charge >= 0.3 is 12.1 Å². The van der Waals surface area contributed by atoms with Crippen LogP contribution in [-0.4, -0.2) is 61.1 Å². The number of nitrogens with zero attached hydrogens (tertiary/aromatic N) is 5. The molecule has 0 aliphatic heterocycles. The summed E-state index contributed by atoms with van der Waals surface area (Å²) < 4.78 is 50.8. The number of anilines is 1. The number of carbonyl (C=O) groups is 2. The van der Waals surface area contributed by atoms with Crippen molar-refractivity contribution >= 4 is 46.1 Å². The number of alkyl halides is 3. The molecular weight excluding hydrogens is 475 g/mol. The lowest BCUT2D eigenvalue weighted by atomic mass is 10.3. The molecule has 9 nitrogen and oxygen atoms in total. The summed E-state index contributed by atoms with van der Waals surface area (Å²) in [5.74, 6) is -3.09. The van der Waals surface area contributed by atoms with Gasteiger partial charge in [-0.3, -0.25) is 9.78 Å². The van der Waals surface area contributed by atoms with E-state index in [9.17, 15) is 27.3 Å². The summed E-state index contributed by atoms with van der Waals surface area (Å²) >= 11 is 4.11. The molecule has 0 aliphatic carbocycles. The van der Waals surface area contributed by atoms with E-state index < -0.39 is 52.9 Å². The smallest absolute Gasteiger partial charge is 0.393 e. The molecule has 32 heavy (non-hydrogen) atoms. The van der Waals surface area contributed by atoms with E-state index in [0.29, 0.717) is 5.69 Å². The van der Waals surface area contributed by atoms with Gasteiger partial charge in [-0.05, 0) is 30.2 Å². The van der Waals surface area contributed by atoms with Crippen LogP contribution in [-0.2, 0) is 25.6 Å². The van der Waals surface area contributed by atoms with Gasteiger partial charge < -0.3 is 14.3 Å². The van der Waals surface area contributed by atoms with E-state index in [2.05, 4.69) is 20.1 Å². The van der Waals surface area contributed by atoms with E-state index in [1.807, 2.05) is 0 Å². The second-order valence-electron chi connectivity index (χ2n) is 6.28. The van der Waals surface area contributed by atoms with Gasteiger partial charge in [0.15, 0.2) is 16.6 Å². The second kappa shape index (κ2) is 11.3. The van der Waals surface area contributed by atoms with Gasteiger partial charge in [-0.15, -0.1) is 0 Å². The van der Waals surface area contributed by atoms with Crippen LogP contribution in [0.15, 0.2) is 35.9 Å². The lowest BCUT2D eigenvalue weighted by molar-refractivity contribution is -0.141. The molecule has 0 fully saturated rings. The number of halogens is 4. The highest BCUT2D eigenvalue weighted by atomic mass is 35.5. The van der Waals surface area contributed by atoms with E-state index in [1.165, 1.54) is 17.1 Å². The average molecular weight is 494 g/mol. The molecule has 2 aromatic rings. The van der Waals surface area contributed by atoms with Crippen molar-refractivity contribution in [3.63, 3.8) is 0 Å². The summed E-state index contributed by atoms with van der Waals surface area (Å²) in [5, 5.41) is 7.49. The van der Waals surface area contributed by atoms with Gasteiger partial charge in [0.05, 0.1) is 24.5 Å².